The Bertz CT molecular complexity index is 898. The fraction of sp³-hybridized carbons (Fsp3) is 0.500. The molecule has 2 amide bonds. The van der Waals surface area contributed by atoms with Gasteiger partial charge in [-0.2, -0.15) is 0 Å². The highest BCUT2D eigenvalue weighted by Crippen LogP contribution is 2.40. The van der Waals surface area contributed by atoms with Gasteiger partial charge in [-0.25, -0.2) is 0 Å². The summed E-state index contributed by atoms with van der Waals surface area (Å²) in [7, 11) is 0. The molecular weight excluding hydrogens is 410 g/mol. The molecule has 166 valence electrons. The fourth-order valence-electron chi connectivity index (χ4n) is 4.21. The molecule has 0 aromatic heterocycles. The Hall–Kier alpha value is -2.25. The summed E-state index contributed by atoms with van der Waals surface area (Å²) in [6, 6.07) is 7.68. The van der Waals surface area contributed by atoms with Crippen molar-refractivity contribution in [1.82, 2.24) is 10.6 Å². The topological polar surface area (TPSA) is 79.5 Å². The molecule has 3 aliphatic rings. The van der Waals surface area contributed by atoms with Gasteiger partial charge in [0, 0.05) is 22.8 Å². The van der Waals surface area contributed by atoms with Gasteiger partial charge in [0.15, 0.2) is 0 Å². The third-order valence-electron chi connectivity index (χ3n) is 5.95. The average Bonchev–Trinajstić information content (AvgIpc) is 3.15. The summed E-state index contributed by atoms with van der Waals surface area (Å²) in [6.07, 6.45) is 7.30. The van der Waals surface area contributed by atoms with Crippen LogP contribution in [0.25, 0.3) is 0 Å². The van der Waals surface area contributed by atoms with Crippen molar-refractivity contribution in [2.24, 2.45) is 5.92 Å². The molecule has 2 aliphatic heterocycles. The van der Waals surface area contributed by atoms with Gasteiger partial charge in [0.25, 0.3) is 5.91 Å². The number of ether oxygens (including phenoxy) is 1. The van der Waals surface area contributed by atoms with Crippen molar-refractivity contribution in [2.45, 2.75) is 68.0 Å². The highest BCUT2D eigenvalue weighted by Gasteiger charge is 2.32. The number of hydrogen-bond acceptors (Lipinski definition) is 5. The number of fused-ring (bicyclic) bond motifs is 2. The third-order valence-corrected chi connectivity index (χ3v) is 7.28. The maximum Gasteiger partial charge on any atom is 0.251 e. The van der Waals surface area contributed by atoms with E-state index in [1.807, 2.05) is 31.2 Å². The van der Waals surface area contributed by atoms with Crippen LogP contribution in [0.1, 0.15) is 33.6 Å². The molecule has 7 heteroatoms. The van der Waals surface area contributed by atoms with E-state index in [9.17, 15) is 9.59 Å². The van der Waals surface area contributed by atoms with Crippen LogP contribution in [0.2, 0.25) is 0 Å². The molecule has 1 fully saturated rings. The van der Waals surface area contributed by atoms with Gasteiger partial charge in [0.05, 0.1) is 23.4 Å². The number of anilines is 1. The highest BCUT2D eigenvalue weighted by atomic mass is 32.2. The lowest BCUT2D eigenvalue weighted by Gasteiger charge is -2.33. The van der Waals surface area contributed by atoms with Crippen molar-refractivity contribution in [3.63, 3.8) is 0 Å². The molecule has 0 radical (unpaired) electrons. The van der Waals surface area contributed by atoms with Crippen molar-refractivity contribution in [2.75, 3.05) is 11.9 Å². The lowest BCUT2D eigenvalue weighted by molar-refractivity contribution is -0.128. The first-order valence-corrected chi connectivity index (χ1v) is 11.9. The quantitative estimate of drug-likeness (QED) is 0.632. The minimum Gasteiger partial charge on any atom is -0.376 e. The van der Waals surface area contributed by atoms with E-state index >= 15 is 0 Å². The van der Waals surface area contributed by atoms with Crippen LogP contribution in [0.15, 0.2) is 53.0 Å². The van der Waals surface area contributed by atoms with Gasteiger partial charge in [0.1, 0.15) is 6.04 Å². The Kier molecular flexibility index (Phi) is 6.72. The number of nitrogens with one attached hydrogen (secondary N) is 3. The molecule has 4 rings (SSSR count). The standard InChI is InChI=1S/C24H31N3O3S/c1-14(2)12-20(24(29)26-17-10-11-30-15(17)3)27-23(28)16-8-9-22-19(13-16)25-18-6-4-5-7-21(18)31-22/h4-9,13-15,17,19-20,22,25H,10-12H2,1-3H3,(H,26,29)(H,27,28)/t15-,17-,19?,20-,22?/m0/s1. The minimum absolute atomic E-state index is 0.00183. The Morgan fingerprint density at radius 1 is 1.29 bits per heavy atom. The number of carbonyl (C=O) groups is 2. The van der Waals surface area contributed by atoms with Crippen LogP contribution in [0.4, 0.5) is 5.69 Å². The molecule has 2 heterocycles. The number of rotatable bonds is 6. The molecule has 3 N–H and O–H groups in total. The molecule has 0 saturated carbocycles. The predicted molar refractivity (Wildman–Crippen MR) is 124 cm³/mol. The summed E-state index contributed by atoms with van der Waals surface area (Å²) in [5, 5.41) is 9.81. The minimum atomic E-state index is -0.568. The van der Waals surface area contributed by atoms with Crippen molar-refractivity contribution in [3.05, 3.63) is 48.1 Å². The summed E-state index contributed by atoms with van der Waals surface area (Å²) in [5.74, 6) is -0.0682. The zero-order chi connectivity index (χ0) is 22.0. The highest BCUT2D eigenvalue weighted by molar-refractivity contribution is 8.00. The molecule has 5 atom stereocenters. The second-order valence-electron chi connectivity index (χ2n) is 8.87. The first-order chi connectivity index (χ1) is 14.9. The van der Waals surface area contributed by atoms with E-state index in [-0.39, 0.29) is 41.2 Å². The third kappa shape index (κ3) is 5.15. The van der Waals surface area contributed by atoms with Crippen LogP contribution >= 0.6 is 11.8 Å². The maximum atomic E-state index is 13.0. The number of carbonyl (C=O) groups excluding carboxylic acids is 2. The van der Waals surface area contributed by atoms with Crippen molar-refractivity contribution >= 4 is 29.3 Å². The fourth-order valence-corrected chi connectivity index (χ4v) is 5.37. The smallest absolute Gasteiger partial charge is 0.251 e. The Labute approximate surface area is 188 Å². The van der Waals surface area contributed by atoms with E-state index in [4.69, 9.17) is 4.74 Å². The maximum absolute atomic E-state index is 13.0. The van der Waals surface area contributed by atoms with Gasteiger partial charge in [-0.05, 0) is 43.9 Å². The molecule has 0 bridgehead atoms. The number of amides is 2. The largest absolute Gasteiger partial charge is 0.376 e. The molecular formula is C24H31N3O3S. The number of hydrogen-bond donors (Lipinski definition) is 3. The summed E-state index contributed by atoms with van der Waals surface area (Å²) in [5.41, 5.74) is 1.68. The first kappa shape index (κ1) is 22.0. The summed E-state index contributed by atoms with van der Waals surface area (Å²) in [4.78, 5) is 27.2. The van der Waals surface area contributed by atoms with Crippen LogP contribution in [0, 0.1) is 5.92 Å². The lowest BCUT2D eigenvalue weighted by atomic mass is 9.98. The molecule has 1 saturated heterocycles. The van der Waals surface area contributed by atoms with Gasteiger partial charge >= 0.3 is 0 Å². The number of benzene rings is 1. The van der Waals surface area contributed by atoms with E-state index in [0.29, 0.717) is 18.6 Å². The van der Waals surface area contributed by atoms with E-state index in [0.717, 1.165) is 12.1 Å². The molecule has 2 unspecified atom stereocenters. The van der Waals surface area contributed by atoms with Gasteiger partial charge in [0.2, 0.25) is 5.91 Å². The van der Waals surface area contributed by atoms with E-state index in [1.54, 1.807) is 11.8 Å². The molecule has 1 aromatic carbocycles. The molecule has 1 aliphatic carbocycles. The zero-order valence-electron chi connectivity index (χ0n) is 18.3. The van der Waals surface area contributed by atoms with Crippen molar-refractivity contribution in [3.8, 4) is 0 Å². The van der Waals surface area contributed by atoms with Crippen molar-refractivity contribution < 1.29 is 14.3 Å². The molecule has 6 nitrogen and oxygen atoms in total. The second kappa shape index (κ2) is 9.49. The van der Waals surface area contributed by atoms with Crippen LogP contribution in [-0.4, -0.2) is 47.9 Å². The van der Waals surface area contributed by atoms with Gasteiger partial charge in [-0.15, -0.1) is 11.8 Å². The predicted octanol–water partition coefficient (Wildman–Crippen LogP) is 3.26. The van der Waals surface area contributed by atoms with Gasteiger partial charge in [-0.1, -0.05) is 38.1 Å². The SMILES string of the molecule is CC(C)C[C@H](NC(=O)C1=CC2Nc3ccccc3SC2C=C1)C(=O)N[C@H]1CCO[C@H]1C. The average molecular weight is 442 g/mol. The van der Waals surface area contributed by atoms with Crippen LogP contribution in [0.3, 0.4) is 0 Å². The Morgan fingerprint density at radius 3 is 2.84 bits per heavy atom. The van der Waals surface area contributed by atoms with E-state index in [1.165, 1.54) is 4.90 Å². The molecule has 1 aromatic rings. The van der Waals surface area contributed by atoms with E-state index < -0.39 is 6.04 Å². The lowest BCUT2D eigenvalue weighted by Crippen LogP contribution is -2.52. The van der Waals surface area contributed by atoms with Gasteiger partial charge in [-0.3, -0.25) is 9.59 Å². The molecule has 31 heavy (non-hydrogen) atoms. The Morgan fingerprint density at radius 2 is 2.10 bits per heavy atom. The Balaban J connectivity index is 1.43. The normalized spacial score (nSPS) is 27.5. The summed E-state index contributed by atoms with van der Waals surface area (Å²) >= 11 is 1.80. The van der Waals surface area contributed by atoms with Crippen LogP contribution in [0.5, 0.6) is 0 Å². The van der Waals surface area contributed by atoms with Crippen LogP contribution in [-0.2, 0) is 14.3 Å². The zero-order valence-corrected chi connectivity index (χ0v) is 19.1. The van der Waals surface area contributed by atoms with Crippen LogP contribution < -0.4 is 16.0 Å². The van der Waals surface area contributed by atoms with E-state index in [2.05, 4.69) is 48.0 Å². The second-order valence-corrected chi connectivity index (χ2v) is 10.1. The molecule has 0 spiro atoms. The number of thioether (sulfide) groups is 1. The summed E-state index contributed by atoms with van der Waals surface area (Å²) in [6.45, 7) is 6.73. The monoisotopic (exact) mass is 441 g/mol. The summed E-state index contributed by atoms with van der Waals surface area (Å²) < 4.78 is 5.55. The first-order valence-electron chi connectivity index (χ1n) is 11.1. The number of para-hydroxylation sites is 1. The van der Waals surface area contributed by atoms with Crippen molar-refractivity contribution in [1.29, 1.82) is 0 Å². The van der Waals surface area contributed by atoms with Gasteiger partial charge < -0.3 is 20.7 Å².